The van der Waals surface area contributed by atoms with Crippen LogP contribution in [-0.4, -0.2) is 37.2 Å². The van der Waals surface area contributed by atoms with Crippen molar-refractivity contribution in [2.45, 2.75) is 19.5 Å². The average molecular weight is 368 g/mol. The van der Waals surface area contributed by atoms with Crippen LogP contribution in [0.4, 0.5) is 10.1 Å². The molecule has 5 nitrogen and oxygen atoms in total. The second-order valence-electron chi connectivity index (χ2n) is 6.72. The molecule has 1 fully saturated rings. The maximum absolute atomic E-state index is 13.0. The smallest absolute Gasteiger partial charge is 0.262 e. The van der Waals surface area contributed by atoms with Crippen molar-refractivity contribution in [3.8, 4) is 11.5 Å². The summed E-state index contributed by atoms with van der Waals surface area (Å²) >= 11 is 0. The maximum Gasteiger partial charge on any atom is 0.262 e. The van der Waals surface area contributed by atoms with Gasteiger partial charge >= 0.3 is 0 Å². The Morgan fingerprint density at radius 3 is 2.78 bits per heavy atom. The molecular weight excluding hydrogens is 347 g/mol. The van der Waals surface area contributed by atoms with Crippen LogP contribution in [0.25, 0.3) is 6.08 Å². The number of ether oxygens (including phenoxy) is 2. The number of nitrogens with one attached hydrogen (secondary N) is 1. The molecule has 1 amide bonds. The van der Waals surface area contributed by atoms with Gasteiger partial charge in [0.2, 0.25) is 0 Å². The van der Waals surface area contributed by atoms with E-state index in [-0.39, 0.29) is 24.5 Å². The highest BCUT2D eigenvalue weighted by Crippen LogP contribution is 2.40. The minimum absolute atomic E-state index is 0.0884. The van der Waals surface area contributed by atoms with Crippen molar-refractivity contribution in [3.63, 3.8) is 0 Å². The lowest BCUT2D eigenvalue weighted by molar-refractivity contribution is -0.133. The monoisotopic (exact) mass is 368 g/mol. The molecule has 0 spiro atoms. The van der Waals surface area contributed by atoms with Crippen LogP contribution >= 0.6 is 0 Å². The van der Waals surface area contributed by atoms with E-state index in [1.54, 1.807) is 12.0 Å². The van der Waals surface area contributed by atoms with Gasteiger partial charge in [0.15, 0.2) is 6.61 Å². The van der Waals surface area contributed by atoms with Crippen molar-refractivity contribution < 1.29 is 18.7 Å². The molecule has 0 aliphatic carbocycles. The number of nitrogens with zero attached hydrogens (tertiary/aromatic N) is 1. The summed E-state index contributed by atoms with van der Waals surface area (Å²) in [5.41, 5.74) is 4.35. The van der Waals surface area contributed by atoms with E-state index in [0.717, 1.165) is 29.0 Å². The van der Waals surface area contributed by atoms with Gasteiger partial charge in [0.05, 0.1) is 12.8 Å². The van der Waals surface area contributed by atoms with Gasteiger partial charge in [-0.05, 0) is 60.9 Å². The number of benzene rings is 2. The first kappa shape index (κ1) is 17.4. The van der Waals surface area contributed by atoms with Crippen LogP contribution in [-0.2, 0) is 4.79 Å². The molecule has 2 heterocycles. The first-order valence-corrected chi connectivity index (χ1v) is 8.89. The van der Waals surface area contributed by atoms with Crippen LogP contribution in [0.1, 0.15) is 17.5 Å². The second kappa shape index (κ2) is 6.95. The van der Waals surface area contributed by atoms with Crippen molar-refractivity contribution in [1.82, 2.24) is 4.90 Å². The van der Waals surface area contributed by atoms with Crippen molar-refractivity contribution in [2.24, 2.45) is 0 Å². The fourth-order valence-corrected chi connectivity index (χ4v) is 3.60. The van der Waals surface area contributed by atoms with E-state index in [4.69, 9.17) is 9.47 Å². The first-order chi connectivity index (χ1) is 13.1. The summed E-state index contributed by atoms with van der Waals surface area (Å²) in [4.78, 5) is 14.5. The number of carbonyl (C=O) groups excluding carboxylic acids is 1. The highest BCUT2D eigenvalue weighted by atomic mass is 19.1. The van der Waals surface area contributed by atoms with Crippen LogP contribution in [0.15, 0.2) is 42.0 Å². The number of anilines is 1. The van der Waals surface area contributed by atoms with E-state index in [9.17, 15) is 9.18 Å². The SMILES string of the molecule is COc1ccc(C)c2c1NC1C(=C2)CCN1C(=O)COc1ccc(F)cc1. The second-order valence-corrected chi connectivity index (χ2v) is 6.72. The Morgan fingerprint density at radius 2 is 2.04 bits per heavy atom. The predicted octanol–water partition coefficient (Wildman–Crippen LogP) is 3.59. The van der Waals surface area contributed by atoms with Gasteiger partial charge in [-0.2, -0.15) is 0 Å². The molecule has 0 bridgehead atoms. The molecule has 2 aromatic rings. The number of halogens is 1. The summed E-state index contributed by atoms with van der Waals surface area (Å²) in [6.45, 7) is 2.60. The quantitative estimate of drug-likeness (QED) is 0.896. The molecule has 4 rings (SSSR count). The number of rotatable bonds is 4. The van der Waals surface area contributed by atoms with E-state index >= 15 is 0 Å². The Hall–Kier alpha value is -3.02. The highest BCUT2D eigenvalue weighted by Gasteiger charge is 2.36. The molecular formula is C21H21FN2O3. The molecule has 1 atom stereocenters. The number of likely N-dealkylation sites (tertiary alicyclic amines) is 1. The van der Waals surface area contributed by atoms with Crippen molar-refractivity contribution in [2.75, 3.05) is 25.6 Å². The summed E-state index contributed by atoms with van der Waals surface area (Å²) in [6.07, 6.45) is 2.77. The van der Waals surface area contributed by atoms with E-state index in [0.29, 0.717) is 12.3 Å². The van der Waals surface area contributed by atoms with Gasteiger partial charge < -0.3 is 19.7 Å². The Labute approximate surface area is 157 Å². The summed E-state index contributed by atoms with van der Waals surface area (Å²) in [5.74, 6) is 0.777. The van der Waals surface area contributed by atoms with Crippen molar-refractivity contribution in [3.05, 3.63) is 58.9 Å². The fraction of sp³-hybridized carbons (Fsp3) is 0.286. The first-order valence-electron chi connectivity index (χ1n) is 8.89. The summed E-state index contributed by atoms with van der Waals surface area (Å²) < 4.78 is 24.0. The zero-order valence-electron chi connectivity index (χ0n) is 15.3. The fourth-order valence-electron chi connectivity index (χ4n) is 3.60. The van der Waals surface area contributed by atoms with Gasteiger partial charge in [-0.25, -0.2) is 4.39 Å². The topological polar surface area (TPSA) is 50.8 Å². The molecule has 27 heavy (non-hydrogen) atoms. The molecule has 0 saturated carbocycles. The Balaban J connectivity index is 1.50. The number of hydrogen-bond acceptors (Lipinski definition) is 4. The molecule has 1 saturated heterocycles. The number of carbonyl (C=O) groups is 1. The molecule has 0 aromatic heterocycles. The van der Waals surface area contributed by atoms with E-state index < -0.39 is 0 Å². The maximum atomic E-state index is 13.0. The van der Waals surface area contributed by atoms with Crippen LogP contribution in [0.5, 0.6) is 11.5 Å². The van der Waals surface area contributed by atoms with E-state index in [1.807, 2.05) is 12.1 Å². The number of hydrogen-bond donors (Lipinski definition) is 1. The van der Waals surface area contributed by atoms with E-state index in [1.165, 1.54) is 29.8 Å². The molecule has 140 valence electrons. The lowest BCUT2D eigenvalue weighted by Gasteiger charge is -2.31. The highest BCUT2D eigenvalue weighted by molar-refractivity contribution is 5.85. The zero-order valence-corrected chi connectivity index (χ0v) is 15.3. The van der Waals surface area contributed by atoms with Crippen LogP contribution in [0.2, 0.25) is 0 Å². The van der Waals surface area contributed by atoms with Crippen LogP contribution in [0.3, 0.4) is 0 Å². The van der Waals surface area contributed by atoms with Gasteiger partial charge in [-0.3, -0.25) is 4.79 Å². The largest absolute Gasteiger partial charge is 0.495 e. The number of fused-ring (bicyclic) bond motifs is 2. The Bertz CT molecular complexity index is 908. The lowest BCUT2D eigenvalue weighted by Crippen LogP contribution is -2.44. The summed E-state index contributed by atoms with van der Waals surface area (Å²) in [6, 6.07) is 9.61. The summed E-state index contributed by atoms with van der Waals surface area (Å²) in [7, 11) is 1.64. The van der Waals surface area contributed by atoms with Crippen molar-refractivity contribution in [1.29, 1.82) is 0 Å². The average Bonchev–Trinajstić information content (AvgIpc) is 3.09. The number of amides is 1. The molecule has 2 aliphatic rings. The molecule has 1 unspecified atom stereocenters. The normalized spacial score (nSPS) is 17.5. The molecule has 0 radical (unpaired) electrons. The zero-order chi connectivity index (χ0) is 19.0. The van der Waals surface area contributed by atoms with Gasteiger partial charge in [0.25, 0.3) is 5.91 Å². The molecule has 6 heteroatoms. The molecule has 2 aliphatic heterocycles. The third-order valence-electron chi connectivity index (χ3n) is 5.06. The third kappa shape index (κ3) is 3.23. The van der Waals surface area contributed by atoms with Crippen LogP contribution < -0.4 is 14.8 Å². The standard InChI is InChI=1S/C21H21FN2O3/c1-13-3-8-18(26-2)20-17(13)11-14-9-10-24(21(14)23-20)19(25)12-27-16-6-4-15(22)5-7-16/h3-8,11,21,23H,9-10,12H2,1-2H3. The predicted molar refractivity (Wildman–Crippen MR) is 101 cm³/mol. The van der Waals surface area contributed by atoms with Gasteiger partial charge in [0.1, 0.15) is 23.5 Å². The molecule has 2 aromatic carbocycles. The minimum Gasteiger partial charge on any atom is -0.495 e. The Kier molecular flexibility index (Phi) is 4.48. The van der Waals surface area contributed by atoms with Gasteiger partial charge in [-0.1, -0.05) is 6.07 Å². The van der Waals surface area contributed by atoms with E-state index in [2.05, 4.69) is 18.3 Å². The van der Waals surface area contributed by atoms with Crippen molar-refractivity contribution >= 4 is 17.7 Å². The summed E-state index contributed by atoms with van der Waals surface area (Å²) in [5, 5.41) is 3.46. The number of methoxy groups -OCH3 is 1. The van der Waals surface area contributed by atoms with Gasteiger partial charge in [0, 0.05) is 12.1 Å². The molecule has 1 N–H and O–H groups in total. The minimum atomic E-state index is -0.336. The van der Waals surface area contributed by atoms with Crippen LogP contribution in [0, 0.1) is 12.7 Å². The lowest BCUT2D eigenvalue weighted by atomic mass is 9.97. The Morgan fingerprint density at radius 1 is 1.26 bits per heavy atom. The number of aryl methyl sites for hydroxylation is 1. The third-order valence-corrected chi connectivity index (χ3v) is 5.06. The van der Waals surface area contributed by atoms with Gasteiger partial charge in [-0.15, -0.1) is 0 Å².